The van der Waals surface area contributed by atoms with Crippen LogP contribution in [-0.2, 0) is 9.59 Å². The van der Waals surface area contributed by atoms with Crippen molar-refractivity contribution in [3.8, 4) is 5.75 Å². The number of nitrogens with one attached hydrogen (secondary N) is 1. The number of ether oxygens (including phenoxy) is 1. The summed E-state index contributed by atoms with van der Waals surface area (Å²) in [6.07, 6.45) is -0.0522. The number of nitrogens with zero attached hydrogens (tertiary/aromatic N) is 1. The van der Waals surface area contributed by atoms with Crippen molar-refractivity contribution >= 4 is 34.8 Å². The first-order valence-electron chi connectivity index (χ1n) is 8.10. The topological polar surface area (TPSA) is 58.6 Å². The van der Waals surface area contributed by atoms with Crippen LogP contribution in [0.3, 0.4) is 0 Å². The van der Waals surface area contributed by atoms with E-state index in [1.54, 1.807) is 19.1 Å². The molecule has 0 bridgehead atoms. The van der Waals surface area contributed by atoms with E-state index in [0.717, 1.165) is 17.7 Å². The molecule has 2 amide bonds. The lowest BCUT2D eigenvalue weighted by Crippen LogP contribution is -2.32. The average molecular weight is 397 g/mol. The molecule has 0 fully saturated rings. The number of hydrogen-bond acceptors (Lipinski definition) is 3. The van der Waals surface area contributed by atoms with Gasteiger partial charge >= 0.3 is 0 Å². The second-order valence-corrected chi connectivity index (χ2v) is 6.28. The number of aryl methyl sites for hydroxylation is 1. The molecule has 8 heteroatoms. The van der Waals surface area contributed by atoms with Crippen LogP contribution in [0, 0.1) is 18.6 Å². The van der Waals surface area contributed by atoms with Crippen LogP contribution < -0.4 is 15.0 Å². The van der Waals surface area contributed by atoms with Gasteiger partial charge in [-0.15, -0.1) is 0 Å². The summed E-state index contributed by atoms with van der Waals surface area (Å²) in [5.74, 6) is -2.43. The SMILES string of the molecule is COc1cc(Cl)c(C)cc1NC(=O)CCN(C(C)=O)c1ccc(F)c(F)c1. The summed E-state index contributed by atoms with van der Waals surface area (Å²) in [5, 5.41) is 3.21. The molecule has 0 unspecified atom stereocenters. The summed E-state index contributed by atoms with van der Waals surface area (Å²) in [6, 6.07) is 6.40. The zero-order valence-electron chi connectivity index (χ0n) is 15.1. The van der Waals surface area contributed by atoms with Gasteiger partial charge in [0.25, 0.3) is 0 Å². The first-order chi connectivity index (χ1) is 12.7. The minimum Gasteiger partial charge on any atom is -0.495 e. The predicted octanol–water partition coefficient (Wildman–Crippen LogP) is 4.32. The Bertz CT molecular complexity index is 874. The fraction of sp³-hybridized carbons (Fsp3) is 0.263. The van der Waals surface area contributed by atoms with Gasteiger partial charge in [0.2, 0.25) is 11.8 Å². The fourth-order valence-electron chi connectivity index (χ4n) is 2.48. The lowest BCUT2D eigenvalue weighted by atomic mass is 10.2. The second-order valence-electron chi connectivity index (χ2n) is 5.87. The van der Waals surface area contributed by atoms with Crippen LogP contribution in [0.1, 0.15) is 18.9 Å². The molecule has 0 radical (unpaired) electrons. The van der Waals surface area contributed by atoms with E-state index in [1.807, 2.05) is 0 Å². The van der Waals surface area contributed by atoms with Gasteiger partial charge in [0.05, 0.1) is 12.8 Å². The highest BCUT2D eigenvalue weighted by Crippen LogP contribution is 2.31. The number of hydrogen-bond donors (Lipinski definition) is 1. The van der Waals surface area contributed by atoms with Crippen molar-refractivity contribution in [2.75, 3.05) is 23.9 Å². The lowest BCUT2D eigenvalue weighted by Gasteiger charge is -2.21. The van der Waals surface area contributed by atoms with Gasteiger partial charge in [-0.1, -0.05) is 11.6 Å². The van der Waals surface area contributed by atoms with Gasteiger partial charge in [0, 0.05) is 42.7 Å². The number of halogens is 3. The van der Waals surface area contributed by atoms with Crippen molar-refractivity contribution in [3.05, 3.63) is 52.6 Å². The van der Waals surface area contributed by atoms with Gasteiger partial charge in [0.15, 0.2) is 11.6 Å². The van der Waals surface area contributed by atoms with Gasteiger partial charge in [0.1, 0.15) is 5.75 Å². The maximum absolute atomic E-state index is 13.4. The number of carbonyl (C=O) groups excluding carboxylic acids is 2. The van der Waals surface area contributed by atoms with Crippen molar-refractivity contribution in [3.63, 3.8) is 0 Å². The number of carbonyl (C=O) groups is 2. The van der Waals surface area contributed by atoms with Crippen LogP contribution in [-0.4, -0.2) is 25.5 Å². The van der Waals surface area contributed by atoms with Crippen molar-refractivity contribution in [2.45, 2.75) is 20.3 Å². The Morgan fingerprint density at radius 1 is 1.19 bits per heavy atom. The summed E-state index contributed by atoms with van der Waals surface area (Å²) >= 11 is 6.04. The van der Waals surface area contributed by atoms with Gasteiger partial charge in [-0.05, 0) is 30.7 Å². The minimum absolute atomic E-state index is 0.00112. The first kappa shape index (κ1) is 20.6. The van der Waals surface area contributed by atoms with E-state index in [-0.39, 0.29) is 24.6 Å². The highest BCUT2D eigenvalue weighted by Gasteiger charge is 2.16. The third-order valence-electron chi connectivity index (χ3n) is 3.91. The van der Waals surface area contributed by atoms with Crippen LogP contribution in [0.25, 0.3) is 0 Å². The third-order valence-corrected chi connectivity index (χ3v) is 4.32. The Labute approximate surface area is 160 Å². The molecule has 0 heterocycles. The first-order valence-corrected chi connectivity index (χ1v) is 8.48. The normalized spacial score (nSPS) is 10.4. The van der Waals surface area contributed by atoms with Crippen LogP contribution in [0.2, 0.25) is 5.02 Å². The number of anilines is 2. The summed E-state index contributed by atoms with van der Waals surface area (Å²) < 4.78 is 31.7. The molecule has 1 N–H and O–H groups in total. The number of methoxy groups -OCH3 is 1. The molecule has 0 aliphatic carbocycles. The Hall–Kier alpha value is -2.67. The highest BCUT2D eigenvalue weighted by molar-refractivity contribution is 6.31. The molecule has 0 atom stereocenters. The quantitative estimate of drug-likeness (QED) is 0.791. The molecule has 2 aromatic carbocycles. The third kappa shape index (κ3) is 5.17. The van der Waals surface area contributed by atoms with Gasteiger partial charge in [-0.3, -0.25) is 9.59 Å². The van der Waals surface area contributed by atoms with Crippen LogP contribution >= 0.6 is 11.6 Å². The largest absolute Gasteiger partial charge is 0.495 e. The smallest absolute Gasteiger partial charge is 0.226 e. The van der Waals surface area contributed by atoms with E-state index in [1.165, 1.54) is 25.0 Å². The Morgan fingerprint density at radius 2 is 1.89 bits per heavy atom. The fourth-order valence-corrected chi connectivity index (χ4v) is 2.63. The molecule has 2 rings (SSSR count). The lowest BCUT2D eigenvalue weighted by molar-refractivity contribution is -0.117. The molecule has 0 spiro atoms. The molecule has 0 saturated heterocycles. The van der Waals surface area contributed by atoms with Crippen LogP contribution in [0.4, 0.5) is 20.2 Å². The van der Waals surface area contributed by atoms with E-state index in [2.05, 4.69) is 5.32 Å². The highest BCUT2D eigenvalue weighted by atomic mass is 35.5. The molecule has 0 aliphatic rings. The Morgan fingerprint density at radius 3 is 2.48 bits per heavy atom. The number of rotatable bonds is 6. The molecule has 27 heavy (non-hydrogen) atoms. The molecule has 0 aliphatic heterocycles. The van der Waals surface area contributed by atoms with Gasteiger partial charge in [-0.25, -0.2) is 8.78 Å². The molecule has 2 aromatic rings. The Balaban J connectivity index is 2.09. The zero-order valence-corrected chi connectivity index (χ0v) is 15.9. The van der Waals surface area contributed by atoms with Gasteiger partial charge < -0.3 is 15.0 Å². The van der Waals surface area contributed by atoms with Crippen LogP contribution in [0.15, 0.2) is 30.3 Å². The summed E-state index contributed by atoms with van der Waals surface area (Å²) in [4.78, 5) is 25.3. The molecule has 0 saturated carbocycles. The Kier molecular flexibility index (Phi) is 6.74. The predicted molar refractivity (Wildman–Crippen MR) is 100 cm³/mol. The minimum atomic E-state index is -1.07. The maximum atomic E-state index is 13.4. The maximum Gasteiger partial charge on any atom is 0.226 e. The summed E-state index contributed by atoms with van der Waals surface area (Å²) in [5.41, 5.74) is 1.39. The molecular weight excluding hydrogens is 378 g/mol. The van der Waals surface area contributed by atoms with Gasteiger partial charge in [-0.2, -0.15) is 0 Å². The number of benzene rings is 2. The second kappa shape index (κ2) is 8.81. The number of amides is 2. The van der Waals surface area contributed by atoms with Crippen molar-refractivity contribution in [1.82, 2.24) is 0 Å². The van der Waals surface area contributed by atoms with E-state index in [9.17, 15) is 18.4 Å². The van der Waals surface area contributed by atoms with E-state index < -0.39 is 17.5 Å². The van der Waals surface area contributed by atoms with Crippen LogP contribution in [0.5, 0.6) is 5.75 Å². The van der Waals surface area contributed by atoms with Crippen molar-refractivity contribution < 1.29 is 23.1 Å². The molecule has 5 nitrogen and oxygen atoms in total. The molecule has 144 valence electrons. The van der Waals surface area contributed by atoms with Crippen molar-refractivity contribution in [2.24, 2.45) is 0 Å². The summed E-state index contributed by atoms with van der Waals surface area (Å²) in [7, 11) is 1.46. The molecule has 0 aromatic heterocycles. The van der Waals surface area contributed by atoms with Crippen molar-refractivity contribution in [1.29, 1.82) is 0 Å². The average Bonchev–Trinajstić information content (AvgIpc) is 2.60. The standard InChI is InChI=1S/C19H19ClF2N2O3/c1-11-8-17(18(27-3)10-14(11)20)23-19(26)6-7-24(12(2)25)13-4-5-15(21)16(22)9-13/h4-5,8-10H,6-7H2,1-3H3,(H,23,26). The summed E-state index contributed by atoms with van der Waals surface area (Å²) in [6.45, 7) is 3.07. The van der Waals surface area contributed by atoms with E-state index >= 15 is 0 Å². The molecular formula is C19H19ClF2N2O3. The zero-order chi connectivity index (χ0) is 20.1. The van der Waals surface area contributed by atoms with E-state index in [0.29, 0.717) is 16.5 Å². The van der Waals surface area contributed by atoms with E-state index in [4.69, 9.17) is 16.3 Å². The monoisotopic (exact) mass is 396 g/mol.